The molecule has 0 unspecified atom stereocenters. The summed E-state index contributed by atoms with van der Waals surface area (Å²) in [6.45, 7) is 4.56. The van der Waals surface area contributed by atoms with Gasteiger partial charge in [0.05, 0.1) is 25.5 Å². The first-order valence-corrected chi connectivity index (χ1v) is 6.71. The van der Waals surface area contributed by atoms with E-state index in [1.807, 2.05) is 24.3 Å². The molecule has 1 heterocycles. The number of aromatic nitrogens is 1. The number of hydrogen-bond acceptors (Lipinski definition) is 3. The van der Waals surface area contributed by atoms with Crippen LogP contribution in [0.25, 0.3) is 0 Å². The molecule has 0 aliphatic carbocycles. The predicted molar refractivity (Wildman–Crippen MR) is 101 cm³/mol. The van der Waals surface area contributed by atoms with Crippen molar-refractivity contribution in [3.8, 4) is 5.75 Å². The van der Waals surface area contributed by atoms with Crippen LogP contribution in [0.5, 0.6) is 5.75 Å². The summed E-state index contributed by atoms with van der Waals surface area (Å²) in [6, 6.07) is 9.80. The number of nitrogens with zero attached hydrogens (tertiary/aromatic N) is 2. The summed E-state index contributed by atoms with van der Waals surface area (Å²) in [6.07, 6.45) is 1.66. The van der Waals surface area contributed by atoms with Gasteiger partial charge in [-0.25, -0.2) is 4.99 Å². The standard InChI is InChI=1S/C16H20N4O.HI/c1-11-4-5-13(8-12(11)2)20-16(17)19-9-14-6-7-15(21-3)10-18-14;/h4-8,10H,9H2,1-3H3,(H3,17,19,20);1H. The topological polar surface area (TPSA) is 72.5 Å². The van der Waals surface area contributed by atoms with Crippen LogP contribution >= 0.6 is 24.0 Å². The first-order valence-electron chi connectivity index (χ1n) is 6.71. The number of ether oxygens (including phenoxy) is 1. The molecule has 0 spiro atoms. The molecule has 118 valence electrons. The minimum absolute atomic E-state index is 0. The monoisotopic (exact) mass is 412 g/mol. The van der Waals surface area contributed by atoms with E-state index >= 15 is 0 Å². The minimum atomic E-state index is 0. The zero-order valence-corrected chi connectivity index (χ0v) is 15.3. The molecule has 0 atom stereocenters. The van der Waals surface area contributed by atoms with Gasteiger partial charge in [-0.05, 0) is 49.2 Å². The Morgan fingerprint density at radius 1 is 1.23 bits per heavy atom. The molecule has 22 heavy (non-hydrogen) atoms. The molecule has 0 aliphatic heterocycles. The molecule has 3 N–H and O–H groups in total. The van der Waals surface area contributed by atoms with Crippen LogP contribution in [0.1, 0.15) is 16.8 Å². The highest BCUT2D eigenvalue weighted by Gasteiger charge is 1.99. The van der Waals surface area contributed by atoms with Gasteiger partial charge in [-0.3, -0.25) is 4.98 Å². The number of nitrogens with one attached hydrogen (secondary N) is 1. The molecule has 0 aliphatic rings. The molecule has 2 rings (SSSR count). The predicted octanol–water partition coefficient (Wildman–Crippen LogP) is 3.25. The average molecular weight is 412 g/mol. The summed E-state index contributed by atoms with van der Waals surface area (Å²) in [7, 11) is 1.61. The number of methoxy groups -OCH3 is 1. The van der Waals surface area contributed by atoms with Gasteiger partial charge in [-0.1, -0.05) is 6.07 Å². The van der Waals surface area contributed by atoms with Crippen molar-refractivity contribution in [1.29, 1.82) is 0 Å². The first-order chi connectivity index (χ1) is 10.1. The van der Waals surface area contributed by atoms with Gasteiger partial charge in [0.25, 0.3) is 0 Å². The quantitative estimate of drug-likeness (QED) is 0.460. The Morgan fingerprint density at radius 3 is 2.59 bits per heavy atom. The molecular weight excluding hydrogens is 391 g/mol. The van der Waals surface area contributed by atoms with Gasteiger partial charge >= 0.3 is 0 Å². The lowest BCUT2D eigenvalue weighted by Crippen LogP contribution is -2.22. The maximum Gasteiger partial charge on any atom is 0.193 e. The third kappa shape index (κ3) is 5.18. The summed E-state index contributed by atoms with van der Waals surface area (Å²) in [5, 5.41) is 3.08. The summed E-state index contributed by atoms with van der Waals surface area (Å²) in [5.41, 5.74) is 10.1. The van der Waals surface area contributed by atoms with E-state index in [1.165, 1.54) is 11.1 Å². The van der Waals surface area contributed by atoms with Crippen molar-refractivity contribution in [3.05, 3.63) is 53.3 Å². The Morgan fingerprint density at radius 2 is 2.00 bits per heavy atom. The lowest BCUT2D eigenvalue weighted by molar-refractivity contribution is 0.412. The van der Waals surface area contributed by atoms with Crippen LogP contribution in [-0.4, -0.2) is 18.1 Å². The van der Waals surface area contributed by atoms with Gasteiger partial charge in [0.15, 0.2) is 5.96 Å². The maximum atomic E-state index is 5.88. The number of hydrogen-bond donors (Lipinski definition) is 2. The van der Waals surface area contributed by atoms with Crippen LogP contribution in [0, 0.1) is 13.8 Å². The molecule has 5 nitrogen and oxygen atoms in total. The Hall–Kier alpha value is -1.83. The fourth-order valence-electron chi connectivity index (χ4n) is 1.80. The fraction of sp³-hybridized carbons (Fsp3) is 0.250. The number of nitrogens with two attached hydrogens (primary N) is 1. The maximum absolute atomic E-state index is 5.88. The molecule has 0 fully saturated rings. The van der Waals surface area contributed by atoms with Crippen LogP contribution in [0.4, 0.5) is 5.69 Å². The molecule has 0 saturated heterocycles. The highest BCUT2D eigenvalue weighted by Crippen LogP contribution is 2.14. The van der Waals surface area contributed by atoms with Gasteiger partial charge in [0.1, 0.15) is 5.75 Å². The van der Waals surface area contributed by atoms with Crippen LogP contribution in [0.3, 0.4) is 0 Å². The Bertz CT molecular complexity index is 641. The van der Waals surface area contributed by atoms with Gasteiger partial charge < -0.3 is 15.8 Å². The summed E-state index contributed by atoms with van der Waals surface area (Å²) in [4.78, 5) is 8.52. The van der Waals surface area contributed by atoms with E-state index in [-0.39, 0.29) is 24.0 Å². The normalized spacial score (nSPS) is 10.8. The second-order valence-electron chi connectivity index (χ2n) is 4.81. The van der Waals surface area contributed by atoms with E-state index in [1.54, 1.807) is 13.3 Å². The molecule has 0 radical (unpaired) electrons. The molecule has 0 amide bonds. The molecule has 0 bridgehead atoms. The third-order valence-corrected chi connectivity index (χ3v) is 3.22. The van der Waals surface area contributed by atoms with E-state index in [2.05, 4.69) is 35.2 Å². The average Bonchev–Trinajstić information content (AvgIpc) is 2.49. The lowest BCUT2D eigenvalue weighted by atomic mass is 10.1. The lowest BCUT2D eigenvalue weighted by Gasteiger charge is -2.08. The number of rotatable bonds is 4. The molecule has 6 heteroatoms. The second-order valence-corrected chi connectivity index (χ2v) is 4.81. The van der Waals surface area contributed by atoms with Crippen molar-refractivity contribution >= 4 is 35.6 Å². The summed E-state index contributed by atoms with van der Waals surface area (Å²) >= 11 is 0. The third-order valence-electron chi connectivity index (χ3n) is 3.22. The van der Waals surface area contributed by atoms with Crippen molar-refractivity contribution in [1.82, 2.24) is 4.98 Å². The molecule has 1 aromatic heterocycles. The van der Waals surface area contributed by atoms with E-state index < -0.39 is 0 Å². The number of anilines is 1. The van der Waals surface area contributed by atoms with E-state index in [9.17, 15) is 0 Å². The summed E-state index contributed by atoms with van der Waals surface area (Å²) in [5.74, 6) is 1.10. The van der Waals surface area contributed by atoms with Crippen molar-refractivity contribution in [2.45, 2.75) is 20.4 Å². The van der Waals surface area contributed by atoms with Crippen LogP contribution in [0.2, 0.25) is 0 Å². The van der Waals surface area contributed by atoms with Crippen LogP contribution < -0.4 is 15.8 Å². The molecular formula is C16H21IN4O. The van der Waals surface area contributed by atoms with E-state index in [4.69, 9.17) is 10.5 Å². The van der Waals surface area contributed by atoms with Crippen molar-refractivity contribution in [3.63, 3.8) is 0 Å². The first kappa shape index (κ1) is 18.2. The van der Waals surface area contributed by atoms with Crippen LogP contribution in [0.15, 0.2) is 41.5 Å². The van der Waals surface area contributed by atoms with Gasteiger partial charge in [-0.2, -0.15) is 0 Å². The van der Waals surface area contributed by atoms with E-state index in [0.29, 0.717) is 12.5 Å². The smallest absolute Gasteiger partial charge is 0.193 e. The van der Waals surface area contributed by atoms with Gasteiger partial charge in [0.2, 0.25) is 0 Å². The number of aryl methyl sites for hydroxylation is 2. The van der Waals surface area contributed by atoms with Crippen molar-refractivity contribution in [2.75, 3.05) is 12.4 Å². The second kappa shape index (κ2) is 8.57. The zero-order valence-electron chi connectivity index (χ0n) is 13.0. The minimum Gasteiger partial charge on any atom is -0.495 e. The highest BCUT2D eigenvalue weighted by molar-refractivity contribution is 14.0. The Labute approximate surface area is 148 Å². The van der Waals surface area contributed by atoms with E-state index in [0.717, 1.165) is 17.1 Å². The molecule has 0 saturated carbocycles. The SMILES string of the molecule is COc1ccc(CN=C(N)Nc2ccc(C)c(C)c2)nc1.I. The van der Waals surface area contributed by atoms with Gasteiger partial charge in [0, 0.05) is 5.69 Å². The van der Waals surface area contributed by atoms with Gasteiger partial charge in [-0.15, -0.1) is 24.0 Å². The van der Waals surface area contributed by atoms with Crippen molar-refractivity contribution in [2.24, 2.45) is 10.7 Å². The Balaban J connectivity index is 0.00000242. The number of pyridine rings is 1. The molecule has 2 aromatic rings. The number of aliphatic imine (C=N–C) groups is 1. The fourth-order valence-corrected chi connectivity index (χ4v) is 1.80. The zero-order chi connectivity index (χ0) is 15.2. The summed E-state index contributed by atoms with van der Waals surface area (Å²) < 4.78 is 5.06. The van der Waals surface area contributed by atoms with Crippen LogP contribution in [-0.2, 0) is 6.54 Å². The Kier molecular flexibility index (Phi) is 7.10. The van der Waals surface area contributed by atoms with Crippen molar-refractivity contribution < 1.29 is 4.74 Å². The number of benzene rings is 1. The number of halogens is 1. The number of guanidine groups is 1. The highest BCUT2D eigenvalue weighted by atomic mass is 127. The molecule has 1 aromatic carbocycles. The largest absolute Gasteiger partial charge is 0.495 e.